The van der Waals surface area contributed by atoms with Crippen LogP contribution in [0.4, 0.5) is 0 Å². The normalized spacial score (nSPS) is 21.1. The Labute approximate surface area is 165 Å². The van der Waals surface area contributed by atoms with E-state index in [4.69, 9.17) is 0 Å². The molecular formula is C22H27N3O3. The van der Waals surface area contributed by atoms with Crippen molar-refractivity contribution in [2.45, 2.75) is 38.3 Å². The highest BCUT2D eigenvalue weighted by molar-refractivity contribution is 5.79. The van der Waals surface area contributed by atoms with E-state index in [1.807, 2.05) is 49.5 Å². The third kappa shape index (κ3) is 3.78. The van der Waals surface area contributed by atoms with Gasteiger partial charge in [0.2, 0.25) is 11.8 Å². The largest absolute Gasteiger partial charge is 0.394 e. The molecule has 0 unspecified atom stereocenters. The minimum atomic E-state index is -0.262. The molecule has 148 valence electrons. The van der Waals surface area contributed by atoms with Gasteiger partial charge in [-0.1, -0.05) is 37.3 Å². The number of rotatable bonds is 6. The number of carbonyl (C=O) groups excluding carboxylic acids is 2. The highest BCUT2D eigenvalue weighted by Gasteiger charge is 2.50. The molecule has 0 aliphatic carbocycles. The maximum atomic E-state index is 12.4. The maximum Gasteiger partial charge on any atom is 0.222 e. The molecule has 6 heteroatoms. The van der Waals surface area contributed by atoms with Crippen molar-refractivity contribution in [3.63, 3.8) is 0 Å². The number of hydrogen-bond acceptors (Lipinski definition) is 4. The summed E-state index contributed by atoms with van der Waals surface area (Å²) in [4.78, 5) is 31.7. The van der Waals surface area contributed by atoms with Crippen molar-refractivity contribution in [2.75, 3.05) is 20.2 Å². The zero-order valence-corrected chi connectivity index (χ0v) is 16.6. The van der Waals surface area contributed by atoms with Crippen molar-refractivity contribution < 1.29 is 14.7 Å². The summed E-state index contributed by atoms with van der Waals surface area (Å²) in [6, 6.07) is 11.7. The third-order valence-electron chi connectivity index (χ3n) is 5.61. The molecule has 0 radical (unpaired) electrons. The van der Waals surface area contributed by atoms with Gasteiger partial charge in [0.25, 0.3) is 0 Å². The topological polar surface area (TPSA) is 73.7 Å². The van der Waals surface area contributed by atoms with Gasteiger partial charge in [0.15, 0.2) is 0 Å². The Balaban J connectivity index is 1.88. The number of hydrogen-bond donors (Lipinski definition) is 1. The van der Waals surface area contributed by atoms with Crippen molar-refractivity contribution in [3.8, 4) is 11.1 Å². The third-order valence-corrected chi connectivity index (χ3v) is 5.61. The molecule has 0 saturated carbocycles. The van der Waals surface area contributed by atoms with Gasteiger partial charge in [0.05, 0.1) is 18.7 Å². The SMILES string of the molecule is CCC(=O)N1[C@H](CO)[C@@H](c2ccc(-c3cccnc3)cc2)[C@@H]1CN(C)C(C)=O. The molecule has 2 aromatic rings. The number of benzene rings is 1. The number of pyridine rings is 1. The number of aromatic nitrogens is 1. The van der Waals surface area contributed by atoms with Gasteiger partial charge in [-0.25, -0.2) is 0 Å². The van der Waals surface area contributed by atoms with Crippen LogP contribution in [0.25, 0.3) is 11.1 Å². The number of carbonyl (C=O) groups is 2. The molecule has 6 nitrogen and oxygen atoms in total. The molecule has 1 aromatic heterocycles. The zero-order chi connectivity index (χ0) is 20.3. The molecule has 3 rings (SSSR count). The summed E-state index contributed by atoms with van der Waals surface area (Å²) in [5.74, 6) is -0.0449. The average molecular weight is 381 g/mol. The quantitative estimate of drug-likeness (QED) is 0.833. The van der Waals surface area contributed by atoms with E-state index >= 15 is 0 Å². The fourth-order valence-electron chi connectivity index (χ4n) is 3.99. The van der Waals surface area contributed by atoms with E-state index in [1.54, 1.807) is 23.0 Å². The molecule has 1 saturated heterocycles. The van der Waals surface area contributed by atoms with Crippen LogP contribution in [-0.4, -0.2) is 64.0 Å². The molecule has 3 atom stereocenters. The van der Waals surface area contributed by atoms with E-state index in [0.717, 1.165) is 16.7 Å². The Morgan fingerprint density at radius 2 is 1.86 bits per heavy atom. The fourth-order valence-corrected chi connectivity index (χ4v) is 3.99. The van der Waals surface area contributed by atoms with E-state index < -0.39 is 0 Å². The number of likely N-dealkylation sites (tertiary alicyclic amines) is 1. The molecular weight excluding hydrogens is 354 g/mol. The smallest absolute Gasteiger partial charge is 0.222 e. The van der Waals surface area contributed by atoms with E-state index in [9.17, 15) is 14.7 Å². The van der Waals surface area contributed by atoms with Crippen LogP contribution < -0.4 is 0 Å². The first-order valence-corrected chi connectivity index (χ1v) is 9.62. The highest BCUT2D eigenvalue weighted by atomic mass is 16.3. The lowest BCUT2D eigenvalue weighted by Gasteiger charge is -2.55. The van der Waals surface area contributed by atoms with Gasteiger partial charge >= 0.3 is 0 Å². The Morgan fingerprint density at radius 3 is 2.39 bits per heavy atom. The van der Waals surface area contributed by atoms with Gasteiger partial charge in [-0.15, -0.1) is 0 Å². The molecule has 2 amide bonds. The number of likely N-dealkylation sites (N-methyl/N-ethyl adjacent to an activating group) is 1. The first kappa shape index (κ1) is 20.0. The Bertz CT molecular complexity index is 823. The van der Waals surface area contributed by atoms with Gasteiger partial charge in [-0.2, -0.15) is 0 Å². The number of nitrogens with zero attached hydrogens (tertiary/aromatic N) is 3. The Hall–Kier alpha value is -2.73. The van der Waals surface area contributed by atoms with Crippen LogP contribution in [0.3, 0.4) is 0 Å². The van der Waals surface area contributed by atoms with E-state index in [2.05, 4.69) is 4.98 Å². The van der Waals surface area contributed by atoms with Gasteiger partial charge in [-0.3, -0.25) is 14.6 Å². The molecule has 0 bridgehead atoms. The fraction of sp³-hybridized carbons (Fsp3) is 0.409. The number of aliphatic hydroxyl groups excluding tert-OH is 1. The minimum absolute atomic E-state index is 0.00392. The van der Waals surface area contributed by atoms with Crippen LogP contribution in [0, 0.1) is 0 Å². The summed E-state index contributed by atoms with van der Waals surface area (Å²) in [6.45, 7) is 3.69. The molecule has 1 N–H and O–H groups in total. The summed E-state index contributed by atoms with van der Waals surface area (Å²) in [6.07, 6.45) is 3.94. The van der Waals surface area contributed by atoms with Crippen molar-refractivity contribution in [2.24, 2.45) is 0 Å². The summed E-state index contributed by atoms with van der Waals surface area (Å²) >= 11 is 0. The molecule has 1 fully saturated rings. The minimum Gasteiger partial charge on any atom is -0.394 e. The van der Waals surface area contributed by atoms with Crippen LogP contribution >= 0.6 is 0 Å². The molecule has 1 aromatic carbocycles. The van der Waals surface area contributed by atoms with Gasteiger partial charge < -0.3 is 14.9 Å². The maximum absolute atomic E-state index is 12.4. The predicted octanol–water partition coefficient (Wildman–Crippen LogP) is 2.29. The molecule has 28 heavy (non-hydrogen) atoms. The lowest BCUT2D eigenvalue weighted by atomic mass is 9.74. The number of amides is 2. The van der Waals surface area contributed by atoms with Crippen LogP contribution in [0.15, 0.2) is 48.8 Å². The first-order valence-electron chi connectivity index (χ1n) is 9.62. The van der Waals surface area contributed by atoms with Crippen molar-refractivity contribution in [3.05, 3.63) is 54.4 Å². The summed E-state index contributed by atoms with van der Waals surface area (Å²) in [5.41, 5.74) is 3.17. The molecule has 1 aliphatic rings. The predicted molar refractivity (Wildman–Crippen MR) is 108 cm³/mol. The second kappa shape index (κ2) is 8.52. The van der Waals surface area contributed by atoms with E-state index in [1.165, 1.54) is 6.92 Å². The second-order valence-corrected chi connectivity index (χ2v) is 7.26. The van der Waals surface area contributed by atoms with E-state index in [0.29, 0.717) is 13.0 Å². The van der Waals surface area contributed by atoms with E-state index in [-0.39, 0.29) is 36.4 Å². The molecule has 0 spiro atoms. The monoisotopic (exact) mass is 381 g/mol. The van der Waals surface area contributed by atoms with Gasteiger partial charge in [-0.05, 0) is 22.8 Å². The lowest BCUT2D eigenvalue weighted by Crippen LogP contribution is -2.68. The number of aliphatic hydroxyl groups is 1. The van der Waals surface area contributed by atoms with Crippen molar-refractivity contribution in [1.82, 2.24) is 14.8 Å². The summed E-state index contributed by atoms with van der Waals surface area (Å²) < 4.78 is 0. The van der Waals surface area contributed by atoms with Crippen molar-refractivity contribution >= 4 is 11.8 Å². The first-order chi connectivity index (χ1) is 13.5. The Morgan fingerprint density at radius 1 is 1.14 bits per heavy atom. The lowest BCUT2D eigenvalue weighted by molar-refractivity contribution is -0.153. The molecule has 2 heterocycles. The van der Waals surface area contributed by atoms with Gasteiger partial charge in [0, 0.05) is 45.2 Å². The van der Waals surface area contributed by atoms with Gasteiger partial charge in [0.1, 0.15) is 0 Å². The zero-order valence-electron chi connectivity index (χ0n) is 16.6. The summed E-state index contributed by atoms with van der Waals surface area (Å²) in [7, 11) is 1.74. The second-order valence-electron chi connectivity index (χ2n) is 7.26. The standard InChI is InChI=1S/C22H27N3O3/c1-4-21(28)25-19(13-24(3)15(2)27)22(20(25)14-26)17-9-7-16(8-10-17)18-6-5-11-23-12-18/h5-12,19-20,22,26H,4,13-14H2,1-3H3/t19-,20+,22-/m0/s1. The van der Waals surface area contributed by atoms with Crippen molar-refractivity contribution in [1.29, 1.82) is 0 Å². The highest BCUT2D eigenvalue weighted by Crippen LogP contribution is 2.41. The average Bonchev–Trinajstić information content (AvgIpc) is 2.71. The van der Waals surface area contributed by atoms with Crippen LogP contribution in [0.2, 0.25) is 0 Å². The van der Waals surface area contributed by atoms with Crippen LogP contribution in [-0.2, 0) is 9.59 Å². The summed E-state index contributed by atoms with van der Waals surface area (Å²) in [5, 5.41) is 9.94. The Kier molecular flexibility index (Phi) is 6.09. The van der Waals surface area contributed by atoms with Crippen LogP contribution in [0.5, 0.6) is 0 Å². The van der Waals surface area contributed by atoms with Crippen LogP contribution in [0.1, 0.15) is 31.7 Å². The molecule has 1 aliphatic heterocycles.